The monoisotopic (exact) mass is 261 g/mol. The third-order valence-corrected chi connectivity index (χ3v) is 3.93. The fourth-order valence-electron chi connectivity index (χ4n) is 2.47. The summed E-state index contributed by atoms with van der Waals surface area (Å²) in [5, 5.41) is 2.46. The average Bonchev–Trinajstić information content (AvgIpc) is 3.26. The zero-order valence-corrected chi connectivity index (χ0v) is 11.1. The van der Waals surface area contributed by atoms with Crippen LogP contribution in [0.2, 0.25) is 0 Å². The minimum absolute atomic E-state index is 0.285. The molecule has 20 heavy (non-hydrogen) atoms. The molecule has 0 aliphatic heterocycles. The first-order valence-electron chi connectivity index (χ1n) is 6.86. The van der Waals surface area contributed by atoms with Gasteiger partial charge in [0.25, 0.3) is 0 Å². The van der Waals surface area contributed by atoms with Gasteiger partial charge in [0.05, 0.1) is 11.2 Å². The first-order chi connectivity index (χ1) is 9.74. The number of hydrogen-bond acceptors (Lipinski definition) is 3. The molecular weight excluding hydrogens is 246 g/mol. The van der Waals surface area contributed by atoms with Crippen molar-refractivity contribution in [2.24, 2.45) is 5.73 Å². The number of hydrogen-bond donors (Lipinski definition) is 1. The molecule has 1 aromatic heterocycles. The van der Waals surface area contributed by atoms with Gasteiger partial charge in [-0.25, -0.2) is 9.97 Å². The largest absolute Gasteiger partial charge is 0.319 e. The predicted octanol–water partition coefficient (Wildman–Crippen LogP) is 3.24. The van der Waals surface area contributed by atoms with E-state index in [1.165, 1.54) is 10.8 Å². The van der Waals surface area contributed by atoms with E-state index in [4.69, 9.17) is 5.73 Å². The third kappa shape index (κ3) is 1.87. The second-order valence-electron chi connectivity index (χ2n) is 5.48. The van der Waals surface area contributed by atoms with Crippen LogP contribution in [0.5, 0.6) is 0 Å². The lowest BCUT2D eigenvalue weighted by molar-refractivity contribution is 0.673. The van der Waals surface area contributed by atoms with Crippen molar-refractivity contribution in [3.05, 3.63) is 60.6 Å². The maximum absolute atomic E-state index is 6.18. The van der Waals surface area contributed by atoms with E-state index in [1.54, 1.807) is 6.20 Å². The highest BCUT2D eigenvalue weighted by atomic mass is 15.0. The first kappa shape index (κ1) is 11.6. The Hall–Kier alpha value is -2.26. The minimum Gasteiger partial charge on any atom is -0.319 e. The van der Waals surface area contributed by atoms with Crippen LogP contribution in [0.1, 0.15) is 18.7 Å². The summed E-state index contributed by atoms with van der Waals surface area (Å²) in [6, 6.07) is 16.7. The highest BCUT2D eigenvalue weighted by Crippen LogP contribution is 2.41. The summed E-state index contributed by atoms with van der Waals surface area (Å²) in [5.74, 6) is 0.767. The van der Waals surface area contributed by atoms with Crippen LogP contribution >= 0.6 is 0 Å². The summed E-state index contributed by atoms with van der Waals surface area (Å²) < 4.78 is 0. The van der Waals surface area contributed by atoms with Gasteiger partial charge in [0, 0.05) is 11.8 Å². The van der Waals surface area contributed by atoms with Gasteiger partial charge in [-0.15, -0.1) is 0 Å². The molecule has 0 amide bonds. The van der Waals surface area contributed by atoms with Crippen LogP contribution in [0, 0.1) is 0 Å². The van der Waals surface area contributed by atoms with Crippen molar-refractivity contribution < 1.29 is 0 Å². The highest BCUT2D eigenvalue weighted by Gasteiger charge is 2.43. The third-order valence-electron chi connectivity index (χ3n) is 3.93. The predicted molar refractivity (Wildman–Crippen MR) is 80.1 cm³/mol. The van der Waals surface area contributed by atoms with Crippen molar-refractivity contribution in [1.82, 2.24) is 9.97 Å². The molecule has 3 aromatic rings. The molecule has 1 aliphatic rings. The molecule has 2 N–H and O–H groups in total. The SMILES string of the molecule is NC1(c2nccc(-c3ccc4ccccc4c3)n2)CC1. The summed E-state index contributed by atoms with van der Waals surface area (Å²) in [6.07, 6.45) is 3.77. The Morgan fingerprint density at radius 1 is 0.950 bits per heavy atom. The van der Waals surface area contributed by atoms with Gasteiger partial charge in [0.15, 0.2) is 0 Å². The maximum atomic E-state index is 6.18. The fraction of sp³-hybridized carbons (Fsp3) is 0.176. The number of nitrogens with two attached hydrogens (primary N) is 1. The molecule has 1 fully saturated rings. The maximum Gasteiger partial charge on any atom is 0.148 e. The summed E-state index contributed by atoms with van der Waals surface area (Å²) in [7, 11) is 0. The Kier molecular flexibility index (Phi) is 2.38. The van der Waals surface area contributed by atoms with E-state index < -0.39 is 0 Å². The highest BCUT2D eigenvalue weighted by molar-refractivity contribution is 5.86. The molecule has 0 atom stereocenters. The molecule has 0 unspecified atom stereocenters. The molecule has 98 valence electrons. The van der Waals surface area contributed by atoms with Gasteiger partial charge >= 0.3 is 0 Å². The summed E-state index contributed by atoms with van der Waals surface area (Å²) >= 11 is 0. The molecule has 4 rings (SSSR count). The van der Waals surface area contributed by atoms with Gasteiger partial charge in [-0.1, -0.05) is 36.4 Å². The zero-order chi connectivity index (χ0) is 13.6. The second kappa shape index (κ2) is 4.12. The first-order valence-corrected chi connectivity index (χ1v) is 6.86. The Balaban J connectivity index is 1.82. The standard InChI is InChI=1S/C17H15N3/c18-17(8-9-17)16-19-10-7-15(20-16)14-6-5-12-3-1-2-4-13(12)11-14/h1-7,10-11H,8-9,18H2. The molecule has 0 spiro atoms. The minimum atomic E-state index is -0.285. The Labute approximate surface area is 117 Å². The van der Waals surface area contributed by atoms with Crippen LogP contribution in [0.15, 0.2) is 54.7 Å². The smallest absolute Gasteiger partial charge is 0.148 e. The molecule has 1 heterocycles. The Morgan fingerprint density at radius 3 is 2.55 bits per heavy atom. The second-order valence-corrected chi connectivity index (χ2v) is 5.48. The molecule has 1 aliphatic carbocycles. The molecule has 2 aromatic carbocycles. The summed E-state index contributed by atoms with van der Waals surface area (Å²) in [5.41, 5.74) is 7.95. The molecule has 1 saturated carbocycles. The van der Waals surface area contributed by atoms with E-state index in [0.717, 1.165) is 29.9 Å². The van der Waals surface area contributed by atoms with Crippen LogP contribution in [-0.4, -0.2) is 9.97 Å². The van der Waals surface area contributed by atoms with E-state index in [9.17, 15) is 0 Å². The van der Waals surface area contributed by atoms with Crippen molar-refractivity contribution in [2.45, 2.75) is 18.4 Å². The molecular formula is C17H15N3. The van der Waals surface area contributed by atoms with Gasteiger partial charge in [-0.05, 0) is 35.7 Å². The molecule has 3 nitrogen and oxygen atoms in total. The quantitative estimate of drug-likeness (QED) is 0.770. The van der Waals surface area contributed by atoms with Crippen LogP contribution in [-0.2, 0) is 5.54 Å². The van der Waals surface area contributed by atoms with E-state index in [0.29, 0.717) is 0 Å². The zero-order valence-electron chi connectivity index (χ0n) is 11.1. The van der Waals surface area contributed by atoms with Crippen LogP contribution in [0.3, 0.4) is 0 Å². The number of fused-ring (bicyclic) bond motifs is 1. The number of rotatable bonds is 2. The van der Waals surface area contributed by atoms with Gasteiger partial charge in [0.1, 0.15) is 5.82 Å². The van der Waals surface area contributed by atoms with E-state index in [2.05, 4.69) is 52.4 Å². The molecule has 3 heteroatoms. The van der Waals surface area contributed by atoms with Crippen molar-refractivity contribution >= 4 is 10.8 Å². The Bertz CT molecular complexity index is 791. The van der Waals surface area contributed by atoms with Gasteiger partial charge in [-0.3, -0.25) is 0 Å². The normalized spacial score (nSPS) is 16.2. The van der Waals surface area contributed by atoms with Crippen LogP contribution in [0.25, 0.3) is 22.0 Å². The lowest BCUT2D eigenvalue weighted by atomic mass is 10.0. The van der Waals surface area contributed by atoms with E-state index in [-0.39, 0.29) is 5.54 Å². The van der Waals surface area contributed by atoms with Gasteiger partial charge in [-0.2, -0.15) is 0 Å². The van der Waals surface area contributed by atoms with Crippen molar-refractivity contribution in [2.75, 3.05) is 0 Å². The number of aromatic nitrogens is 2. The lowest BCUT2D eigenvalue weighted by Crippen LogP contribution is -2.22. The van der Waals surface area contributed by atoms with Crippen molar-refractivity contribution in [1.29, 1.82) is 0 Å². The fourth-order valence-corrected chi connectivity index (χ4v) is 2.47. The van der Waals surface area contributed by atoms with Crippen molar-refractivity contribution in [3.63, 3.8) is 0 Å². The van der Waals surface area contributed by atoms with Gasteiger partial charge in [0.2, 0.25) is 0 Å². The number of nitrogens with zero attached hydrogens (tertiary/aromatic N) is 2. The average molecular weight is 261 g/mol. The summed E-state index contributed by atoms with van der Waals surface area (Å²) in [4.78, 5) is 8.97. The van der Waals surface area contributed by atoms with Crippen LogP contribution < -0.4 is 5.73 Å². The topological polar surface area (TPSA) is 51.8 Å². The molecule has 0 saturated heterocycles. The summed E-state index contributed by atoms with van der Waals surface area (Å²) in [6.45, 7) is 0. The Morgan fingerprint density at radius 2 is 1.75 bits per heavy atom. The van der Waals surface area contributed by atoms with E-state index in [1.807, 2.05) is 6.07 Å². The van der Waals surface area contributed by atoms with Crippen LogP contribution in [0.4, 0.5) is 0 Å². The molecule has 0 radical (unpaired) electrons. The lowest BCUT2D eigenvalue weighted by Gasteiger charge is -2.09. The van der Waals surface area contributed by atoms with E-state index >= 15 is 0 Å². The molecule has 0 bridgehead atoms. The van der Waals surface area contributed by atoms with Gasteiger partial charge < -0.3 is 5.73 Å². The number of benzene rings is 2. The van der Waals surface area contributed by atoms with Crippen molar-refractivity contribution in [3.8, 4) is 11.3 Å².